The van der Waals surface area contributed by atoms with Gasteiger partial charge < -0.3 is 14.8 Å². The SMILES string of the molecule is O=C1NC2(CCCc3ccccc32)C(=O)N1Cc1cc2c(cc1Br)OCCO2. The second-order valence-corrected chi connectivity index (χ2v) is 8.18. The summed E-state index contributed by atoms with van der Waals surface area (Å²) in [6.45, 7) is 1.16. The van der Waals surface area contributed by atoms with Crippen LogP contribution in [0.25, 0.3) is 0 Å². The standard InChI is InChI=1S/C21H19BrN2O4/c22-16-11-18-17(27-8-9-28-18)10-14(16)12-24-19(25)21(23-20(24)26)7-3-5-13-4-1-2-6-15(13)21/h1-2,4,6,10-11H,3,5,7-9,12H2,(H,23,26). The van der Waals surface area contributed by atoms with Crippen molar-refractivity contribution in [1.82, 2.24) is 10.2 Å². The lowest BCUT2D eigenvalue weighted by Crippen LogP contribution is -2.46. The second kappa shape index (κ2) is 6.51. The van der Waals surface area contributed by atoms with E-state index in [4.69, 9.17) is 9.47 Å². The summed E-state index contributed by atoms with van der Waals surface area (Å²) in [7, 11) is 0. The van der Waals surface area contributed by atoms with Gasteiger partial charge in [-0.3, -0.25) is 9.69 Å². The van der Waals surface area contributed by atoms with Gasteiger partial charge in [-0.25, -0.2) is 4.79 Å². The number of carbonyl (C=O) groups excluding carboxylic acids is 2. The van der Waals surface area contributed by atoms with Gasteiger partial charge in [-0.1, -0.05) is 40.2 Å². The fourth-order valence-corrected chi connectivity index (χ4v) is 4.80. The van der Waals surface area contributed by atoms with E-state index < -0.39 is 5.54 Å². The molecular weight excluding hydrogens is 424 g/mol. The first-order valence-corrected chi connectivity index (χ1v) is 10.2. The normalized spacial score (nSPS) is 23.0. The molecule has 3 amide bonds. The highest BCUT2D eigenvalue weighted by Gasteiger charge is 2.53. The summed E-state index contributed by atoms with van der Waals surface area (Å²) in [5.41, 5.74) is 1.90. The Bertz CT molecular complexity index is 992. The highest BCUT2D eigenvalue weighted by molar-refractivity contribution is 9.10. The van der Waals surface area contributed by atoms with Gasteiger partial charge in [0.05, 0.1) is 6.54 Å². The van der Waals surface area contributed by atoms with Crippen molar-refractivity contribution in [3.63, 3.8) is 0 Å². The van der Waals surface area contributed by atoms with E-state index in [0.29, 0.717) is 31.1 Å². The van der Waals surface area contributed by atoms with Crippen LogP contribution in [0.15, 0.2) is 40.9 Å². The third kappa shape index (κ3) is 2.60. The Hall–Kier alpha value is -2.54. The number of urea groups is 1. The molecule has 0 radical (unpaired) electrons. The summed E-state index contributed by atoms with van der Waals surface area (Å²) in [5, 5.41) is 2.99. The van der Waals surface area contributed by atoms with E-state index in [0.717, 1.165) is 34.0 Å². The van der Waals surface area contributed by atoms with Crippen molar-refractivity contribution in [2.24, 2.45) is 0 Å². The van der Waals surface area contributed by atoms with Crippen LogP contribution >= 0.6 is 15.9 Å². The largest absolute Gasteiger partial charge is 0.486 e. The molecule has 0 saturated carbocycles. The fraction of sp³-hybridized carbons (Fsp3) is 0.333. The first-order chi connectivity index (χ1) is 13.6. The highest BCUT2D eigenvalue weighted by atomic mass is 79.9. The Morgan fingerprint density at radius 3 is 2.68 bits per heavy atom. The average molecular weight is 443 g/mol. The summed E-state index contributed by atoms with van der Waals surface area (Å²) < 4.78 is 12.0. The van der Waals surface area contributed by atoms with Crippen LogP contribution in [0.1, 0.15) is 29.5 Å². The van der Waals surface area contributed by atoms with Gasteiger partial charge >= 0.3 is 6.03 Å². The highest BCUT2D eigenvalue weighted by Crippen LogP contribution is 2.41. The molecule has 2 aromatic carbocycles. The maximum Gasteiger partial charge on any atom is 0.325 e. The lowest BCUT2D eigenvalue weighted by atomic mass is 9.76. The van der Waals surface area contributed by atoms with Gasteiger partial charge in [-0.2, -0.15) is 0 Å². The minimum absolute atomic E-state index is 0.172. The molecule has 1 N–H and O–H groups in total. The number of rotatable bonds is 2. The van der Waals surface area contributed by atoms with Crippen molar-refractivity contribution in [3.8, 4) is 11.5 Å². The lowest BCUT2D eigenvalue weighted by molar-refractivity contribution is -0.132. The van der Waals surface area contributed by atoms with Gasteiger partial charge in [0.15, 0.2) is 11.5 Å². The number of imide groups is 1. The van der Waals surface area contributed by atoms with E-state index in [2.05, 4.69) is 21.2 Å². The minimum atomic E-state index is -0.952. The molecular formula is C21H19BrN2O4. The Kier molecular flexibility index (Phi) is 4.08. The van der Waals surface area contributed by atoms with Gasteiger partial charge in [-0.15, -0.1) is 0 Å². The molecule has 1 unspecified atom stereocenters. The molecule has 7 heteroatoms. The third-order valence-electron chi connectivity index (χ3n) is 5.69. The molecule has 1 aliphatic carbocycles. The monoisotopic (exact) mass is 442 g/mol. The van der Waals surface area contributed by atoms with E-state index in [1.165, 1.54) is 4.90 Å². The number of benzene rings is 2. The molecule has 6 nitrogen and oxygen atoms in total. The maximum absolute atomic E-state index is 13.4. The number of nitrogens with one attached hydrogen (secondary N) is 1. The summed E-state index contributed by atoms with van der Waals surface area (Å²) in [4.78, 5) is 27.5. The number of ether oxygens (including phenoxy) is 2. The molecule has 0 aromatic heterocycles. The van der Waals surface area contributed by atoms with Crippen LogP contribution in [-0.4, -0.2) is 30.1 Å². The number of halogens is 1. The van der Waals surface area contributed by atoms with Gasteiger partial charge in [0.1, 0.15) is 18.8 Å². The van der Waals surface area contributed by atoms with Crippen molar-refractivity contribution in [1.29, 1.82) is 0 Å². The number of amides is 3. The Morgan fingerprint density at radius 1 is 1.11 bits per heavy atom. The number of aryl methyl sites for hydroxylation is 1. The molecule has 2 aliphatic heterocycles. The van der Waals surface area contributed by atoms with Crippen LogP contribution in [0, 0.1) is 0 Å². The van der Waals surface area contributed by atoms with Crippen molar-refractivity contribution >= 4 is 27.9 Å². The molecule has 2 heterocycles. The average Bonchev–Trinajstić information content (AvgIpc) is 2.93. The van der Waals surface area contributed by atoms with Gasteiger partial charge in [0.25, 0.3) is 5.91 Å². The molecule has 1 saturated heterocycles. The smallest absolute Gasteiger partial charge is 0.325 e. The zero-order chi connectivity index (χ0) is 19.3. The van der Waals surface area contributed by atoms with Crippen molar-refractivity contribution in [2.75, 3.05) is 13.2 Å². The van der Waals surface area contributed by atoms with Crippen LogP contribution < -0.4 is 14.8 Å². The molecule has 0 bridgehead atoms. The number of hydrogen-bond acceptors (Lipinski definition) is 4. The quantitative estimate of drug-likeness (QED) is 0.722. The van der Waals surface area contributed by atoms with Crippen LogP contribution in [-0.2, 0) is 23.3 Å². The van der Waals surface area contributed by atoms with E-state index in [9.17, 15) is 9.59 Å². The predicted molar refractivity (Wildman–Crippen MR) is 105 cm³/mol. The van der Waals surface area contributed by atoms with Crippen molar-refractivity contribution in [3.05, 3.63) is 57.6 Å². The second-order valence-electron chi connectivity index (χ2n) is 7.32. The molecule has 1 spiro atoms. The zero-order valence-corrected chi connectivity index (χ0v) is 16.8. The number of nitrogens with zero attached hydrogens (tertiary/aromatic N) is 1. The number of fused-ring (bicyclic) bond motifs is 3. The molecule has 5 rings (SSSR count). The summed E-state index contributed by atoms with van der Waals surface area (Å²) >= 11 is 3.53. The van der Waals surface area contributed by atoms with Crippen LogP contribution in [0.3, 0.4) is 0 Å². The predicted octanol–water partition coefficient (Wildman–Crippen LogP) is 3.50. The minimum Gasteiger partial charge on any atom is -0.486 e. The Morgan fingerprint density at radius 2 is 1.86 bits per heavy atom. The molecule has 3 aliphatic rings. The van der Waals surface area contributed by atoms with Crippen LogP contribution in [0.2, 0.25) is 0 Å². The van der Waals surface area contributed by atoms with Crippen molar-refractivity contribution < 1.29 is 19.1 Å². The number of hydrogen-bond donors (Lipinski definition) is 1. The van der Waals surface area contributed by atoms with E-state index in [1.807, 2.05) is 36.4 Å². The van der Waals surface area contributed by atoms with Gasteiger partial charge in [-0.05, 0) is 48.1 Å². The fourth-order valence-electron chi connectivity index (χ4n) is 4.35. The molecule has 28 heavy (non-hydrogen) atoms. The van der Waals surface area contributed by atoms with Crippen LogP contribution in [0.5, 0.6) is 11.5 Å². The number of carbonyl (C=O) groups is 2. The zero-order valence-electron chi connectivity index (χ0n) is 15.2. The van der Waals surface area contributed by atoms with E-state index >= 15 is 0 Å². The Labute approximate surface area is 170 Å². The topological polar surface area (TPSA) is 67.9 Å². The first-order valence-electron chi connectivity index (χ1n) is 9.39. The maximum atomic E-state index is 13.4. The third-order valence-corrected chi connectivity index (χ3v) is 6.43. The molecule has 1 atom stereocenters. The summed E-state index contributed by atoms with van der Waals surface area (Å²) in [6, 6.07) is 11.2. The first kappa shape index (κ1) is 17.6. The van der Waals surface area contributed by atoms with E-state index in [1.54, 1.807) is 0 Å². The summed E-state index contributed by atoms with van der Waals surface area (Å²) in [6.07, 6.45) is 2.41. The van der Waals surface area contributed by atoms with Crippen LogP contribution in [0.4, 0.5) is 4.79 Å². The molecule has 1 fully saturated rings. The lowest BCUT2D eigenvalue weighted by Gasteiger charge is -2.33. The van der Waals surface area contributed by atoms with Gasteiger partial charge in [0.2, 0.25) is 0 Å². The van der Waals surface area contributed by atoms with Gasteiger partial charge in [0, 0.05) is 4.47 Å². The molecule has 144 valence electrons. The van der Waals surface area contributed by atoms with Crippen molar-refractivity contribution in [2.45, 2.75) is 31.3 Å². The molecule has 2 aromatic rings. The summed E-state index contributed by atoms with van der Waals surface area (Å²) in [5.74, 6) is 1.11. The van der Waals surface area contributed by atoms with E-state index in [-0.39, 0.29) is 18.5 Å². The Balaban J connectivity index is 1.49.